The summed E-state index contributed by atoms with van der Waals surface area (Å²) in [4.78, 5) is 27.3. The Hall–Kier alpha value is -2.73. The van der Waals surface area contributed by atoms with Gasteiger partial charge in [-0.1, -0.05) is 26.0 Å². The normalized spacial score (nSPS) is 16.6. The number of rotatable bonds is 3. The first kappa shape index (κ1) is 22.0. The van der Waals surface area contributed by atoms with Crippen molar-refractivity contribution in [3.05, 3.63) is 58.4 Å². The van der Waals surface area contributed by atoms with Crippen molar-refractivity contribution in [3.8, 4) is 0 Å². The number of amides is 2. The molecule has 5 nitrogen and oxygen atoms in total. The average molecular weight is 424 g/mol. The molecule has 0 spiro atoms. The molecule has 6 heteroatoms. The minimum atomic E-state index is -0.472. The molecule has 0 bridgehead atoms. The second-order valence-corrected chi connectivity index (χ2v) is 9.42. The summed E-state index contributed by atoms with van der Waals surface area (Å²) in [7, 11) is 0. The predicted octanol–water partition coefficient (Wildman–Crippen LogP) is 4.81. The fraction of sp³-hybridized carbons (Fsp3) is 0.375. The maximum Gasteiger partial charge on any atom is 0.270 e. The lowest BCUT2D eigenvalue weighted by Gasteiger charge is -2.29. The molecule has 3 rings (SSSR count). The highest BCUT2D eigenvalue weighted by Gasteiger charge is 2.35. The molecule has 1 aromatic heterocycles. The van der Waals surface area contributed by atoms with E-state index in [9.17, 15) is 9.59 Å². The van der Waals surface area contributed by atoms with Crippen molar-refractivity contribution in [1.82, 2.24) is 9.88 Å². The Kier molecular flexibility index (Phi) is 5.74. The number of nitrogens with zero attached hydrogens (tertiary/aromatic N) is 2. The van der Waals surface area contributed by atoms with Crippen LogP contribution in [0.4, 0.5) is 5.69 Å². The molecule has 1 N–H and O–H groups in total. The van der Waals surface area contributed by atoms with Gasteiger partial charge in [-0.05, 0) is 88.2 Å². The summed E-state index contributed by atoms with van der Waals surface area (Å²) in [6.45, 7) is 14.6. The van der Waals surface area contributed by atoms with Crippen molar-refractivity contribution >= 4 is 40.9 Å². The molecule has 1 aliphatic heterocycles. The van der Waals surface area contributed by atoms with E-state index < -0.39 is 11.8 Å². The Morgan fingerprint density at radius 1 is 1.07 bits per heavy atom. The van der Waals surface area contributed by atoms with Crippen LogP contribution < -0.4 is 10.2 Å². The lowest BCUT2D eigenvalue weighted by atomic mass is 10.0. The fourth-order valence-corrected chi connectivity index (χ4v) is 4.30. The summed E-state index contributed by atoms with van der Waals surface area (Å²) in [5.41, 5.74) is 4.72. The number of thiocarbonyl (C=S) groups is 1. The molecule has 0 radical (unpaired) electrons. The maximum absolute atomic E-state index is 13.3. The number of nitrogens with one attached hydrogen (secondary N) is 1. The number of aromatic nitrogens is 1. The summed E-state index contributed by atoms with van der Waals surface area (Å²) >= 11 is 5.31. The van der Waals surface area contributed by atoms with Gasteiger partial charge in [-0.25, -0.2) is 0 Å². The van der Waals surface area contributed by atoms with Crippen LogP contribution in [-0.2, 0) is 15.1 Å². The predicted molar refractivity (Wildman–Crippen MR) is 126 cm³/mol. The molecule has 2 aromatic rings. The Morgan fingerprint density at radius 2 is 1.67 bits per heavy atom. The molecule has 1 saturated heterocycles. The van der Waals surface area contributed by atoms with Crippen molar-refractivity contribution in [2.45, 2.75) is 59.9 Å². The number of carbonyl (C=O) groups excluding carboxylic acids is 2. The van der Waals surface area contributed by atoms with Gasteiger partial charge >= 0.3 is 0 Å². The van der Waals surface area contributed by atoms with E-state index >= 15 is 0 Å². The zero-order chi connectivity index (χ0) is 22.4. The first-order valence-corrected chi connectivity index (χ1v) is 10.5. The standard InChI is InChI=1S/C24H29N3O2S/c1-14(2)17-8-10-19(11-9-17)26-22(29)20(21(28)25-23(26)30)13-18-12-15(3)27(16(18)4)24(5,6)7/h8-14H,1-7H3,(H,25,28,30)/b20-13+. The molecule has 0 unspecified atom stereocenters. The van der Waals surface area contributed by atoms with Gasteiger partial charge in [0.15, 0.2) is 5.11 Å². The zero-order valence-electron chi connectivity index (χ0n) is 18.7. The SMILES string of the molecule is Cc1cc(/C=C2\C(=O)NC(=S)N(c3ccc(C(C)C)cc3)C2=O)c(C)n1C(C)(C)C. The van der Waals surface area contributed by atoms with Crippen molar-refractivity contribution in [3.63, 3.8) is 0 Å². The fourth-order valence-electron chi connectivity index (χ4n) is 4.02. The third-order valence-electron chi connectivity index (χ3n) is 5.36. The highest BCUT2D eigenvalue weighted by atomic mass is 32.1. The summed E-state index contributed by atoms with van der Waals surface area (Å²) in [6.07, 6.45) is 1.67. The lowest BCUT2D eigenvalue weighted by molar-refractivity contribution is -0.122. The number of benzene rings is 1. The van der Waals surface area contributed by atoms with Crippen molar-refractivity contribution in [1.29, 1.82) is 0 Å². The van der Waals surface area contributed by atoms with Crippen molar-refractivity contribution in [2.75, 3.05) is 4.90 Å². The van der Waals surface area contributed by atoms with Crippen LogP contribution in [0.15, 0.2) is 35.9 Å². The van der Waals surface area contributed by atoms with E-state index in [4.69, 9.17) is 12.2 Å². The van der Waals surface area contributed by atoms with E-state index in [0.717, 1.165) is 17.0 Å². The summed E-state index contributed by atoms with van der Waals surface area (Å²) in [6, 6.07) is 9.68. The first-order valence-electron chi connectivity index (χ1n) is 10.1. The van der Waals surface area contributed by atoms with E-state index in [0.29, 0.717) is 11.6 Å². The maximum atomic E-state index is 13.3. The Balaban J connectivity index is 2.03. The smallest absolute Gasteiger partial charge is 0.270 e. The van der Waals surface area contributed by atoms with E-state index in [1.54, 1.807) is 6.08 Å². The molecule has 1 aliphatic rings. The van der Waals surface area contributed by atoms with Crippen LogP contribution in [0.2, 0.25) is 0 Å². The molecule has 158 valence electrons. The van der Waals surface area contributed by atoms with E-state index in [-0.39, 0.29) is 16.2 Å². The highest BCUT2D eigenvalue weighted by molar-refractivity contribution is 7.80. The monoisotopic (exact) mass is 423 g/mol. The highest BCUT2D eigenvalue weighted by Crippen LogP contribution is 2.28. The quantitative estimate of drug-likeness (QED) is 0.438. The van der Waals surface area contributed by atoms with E-state index in [1.165, 1.54) is 10.5 Å². The van der Waals surface area contributed by atoms with Crippen LogP contribution in [-0.4, -0.2) is 21.5 Å². The molecule has 1 fully saturated rings. The lowest BCUT2D eigenvalue weighted by Crippen LogP contribution is -2.54. The van der Waals surface area contributed by atoms with E-state index in [2.05, 4.69) is 44.5 Å². The largest absolute Gasteiger partial charge is 0.343 e. The van der Waals surface area contributed by atoms with Crippen molar-refractivity contribution in [2.24, 2.45) is 0 Å². The second-order valence-electron chi connectivity index (χ2n) is 9.04. The number of hydrogen-bond acceptors (Lipinski definition) is 3. The van der Waals surface area contributed by atoms with Crippen LogP contribution >= 0.6 is 12.2 Å². The van der Waals surface area contributed by atoms with Gasteiger partial charge in [-0.15, -0.1) is 0 Å². The Morgan fingerprint density at radius 3 is 2.17 bits per heavy atom. The topological polar surface area (TPSA) is 54.3 Å². The number of anilines is 1. The Bertz CT molecular complexity index is 1050. The van der Waals surface area contributed by atoms with Crippen LogP contribution in [0.25, 0.3) is 6.08 Å². The summed E-state index contributed by atoms with van der Waals surface area (Å²) < 4.78 is 2.21. The minimum absolute atomic E-state index is 0.0747. The van der Waals surface area contributed by atoms with Crippen molar-refractivity contribution < 1.29 is 9.59 Å². The molecule has 0 aliphatic carbocycles. The molecule has 2 amide bonds. The van der Waals surface area contributed by atoms with Gasteiger partial charge in [0.25, 0.3) is 11.8 Å². The number of hydrogen-bond donors (Lipinski definition) is 1. The van der Waals surface area contributed by atoms with Crippen LogP contribution in [0.3, 0.4) is 0 Å². The Labute approximate surface area is 183 Å². The summed E-state index contributed by atoms with van der Waals surface area (Å²) in [5.74, 6) is -0.501. The van der Waals surface area contributed by atoms with Crippen LogP contribution in [0.5, 0.6) is 0 Å². The van der Waals surface area contributed by atoms with Gasteiger partial charge in [0.1, 0.15) is 5.57 Å². The molecular formula is C24H29N3O2S. The summed E-state index contributed by atoms with van der Waals surface area (Å²) in [5, 5.41) is 2.76. The van der Waals surface area contributed by atoms with Gasteiger partial charge < -0.3 is 4.57 Å². The van der Waals surface area contributed by atoms with Gasteiger partial charge in [-0.2, -0.15) is 0 Å². The molecule has 1 aromatic carbocycles. The van der Waals surface area contributed by atoms with Gasteiger partial charge in [0, 0.05) is 16.9 Å². The third kappa shape index (κ3) is 3.97. The molecule has 30 heavy (non-hydrogen) atoms. The first-order chi connectivity index (χ1) is 13.9. The second kappa shape index (κ2) is 7.84. The zero-order valence-corrected chi connectivity index (χ0v) is 19.5. The third-order valence-corrected chi connectivity index (χ3v) is 5.65. The molecule has 0 atom stereocenters. The molecular weight excluding hydrogens is 394 g/mol. The van der Waals surface area contributed by atoms with E-state index in [1.807, 2.05) is 44.2 Å². The van der Waals surface area contributed by atoms with Gasteiger partial charge in [-0.3, -0.25) is 19.8 Å². The number of aryl methyl sites for hydroxylation is 1. The minimum Gasteiger partial charge on any atom is -0.343 e. The van der Waals surface area contributed by atoms with Crippen LogP contribution in [0.1, 0.15) is 63.1 Å². The molecule has 2 heterocycles. The number of carbonyl (C=O) groups is 2. The average Bonchev–Trinajstić information content (AvgIpc) is 2.92. The van der Waals surface area contributed by atoms with Gasteiger partial charge in [0.2, 0.25) is 0 Å². The molecule has 0 saturated carbocycles. The van der Waals surface area contributed by atoms with Crippen LogP contribution in [0, 0.1) is 13.8 Å². The van der Waals surface area contributed by atoms with Gasteiger partial charge in [0.05, 0.1) is 5.69 Å².